The molecule has 0 saturated heterocycles. The lowest BCUT2D eigenvalue weighted by molar-refractivity contribution is -0.161. The SMILES string of the molecule is CCC(C)(C)c1ccc(C(=O)OC(CC(C)(C)C)OC2CCCCC2)cc1. The van der Waals surface area contributed by atoms with Crippen molar-refractivity contribution in [2.45, 2.75) is 104 Å². The highest BCUT2D eigenvalue weighted by Crippen LogP contribution is 2.29. The Balaban J connectivity index is 2.05. The molecule has 0 aliphatic heterocycles. The van der Waals surface area contributed by atoms with Gasteiger partial charge in [-0.3, -0.25) is 0 Å². The van der Waals surface area contributed by atoms with Gasteiger partial charge < -0.3 is 9.47 Å². The summed E-state index contributed by atoms with van der Waals surface area (Å²) < 4.78 is 12.0. The topological polar surface area (TPSA) is 35.5 Å². The molecule has 0 spiro atoms. The second-order valence-corrected chi connectivity index (χ2v) is 9.81. The Hall–Kier alpha value is -1.35. The Kier molecular flexibility index (Phi) is 7.50. The predicted octanol–water partition coefficient (Wildman–Crippen LogP) is 6.64. The maximum Gasteiger partial charge on any atom is 0.340 e. The quantitative estimate of drug-likeness (QED) is 0.396. The summed E-state index contributed by atoms with van der Waals surface area (Å²) in [6.07, 6.45) is 7.32. The summed E-state index contributed by atoms with van der Waals surface area (Å²) in [5.41, 5.74) is 1.98. The van der Waals surface area contributed by atoms with Crippen LogP contribution in [0.4, 0.5) is 0 Å². The monoisotopic (exact) mass is 374 g/mol. The molecule has 0 bridgehead atoms. The van der Waals surface area contributed by atoms with Crippen LogP contribution in [0.1, 0.15) is 102 Å². The van der Waals surface area contributed by atoms with Crippen molar-refractivity contribution in [3.63, 3.8) is 0 Å². The van der Waals surface area contributed by atoms with Gasteiger partial charge in [-0.25, -0.2) is 4.79 Å². The summed E-state index contributed by atoms with van der Waals surface area (Å²) >= 11 is 0. The first-order valence-corrected chi connectivity index (χ1v) is 10.6. The van der Waals surface area contributed by atoms with E-state index in [2.05, 4.69) is 41.5 Å². The van der Waals surface area contributed by atoms with E-state index in [1.807, 2.05) is 24.3 Å². The first kappa shape index (κ1) is 21.9. The molecule has 1 atom stereocenters. The van der Waals surface area contributed by atoms with Crippen molar-refractivity contribution < 1.29 is 14.3 Å². The molecule has 1 unspecified atom stereocenters. The van der Waals surface area contributed by atoms with Gasteiger partial charge in [0.25, 0.3) is 0 Å². The molecule has 1 saturated carbocycles. The van der Waals surface area contributed by atoms with Gasteiger partial charge in [-0.15, -0.1) is 0 Å². The molecule has 0 N–H and O–H groups in total. The summed E-state index contributed by atoms with van der Waals surface area (Å²) in [6.45, 7) is 13.1. The van der Waals surface area contributed by atoms with Gasteiger partial charge in [0.05, 0.1) is 11.7 Å². The van der Waals surface area contributed by atoms with Gasteiger partial charge in [0, 0.05) is 6.42 Å². The summed E-state index contributed by atoms with van der Waals surface area (Å²) in [5, 5.41) is 0. The Morgan fingerprint density at radius 1 is 1.04 bits per heavy atom. The highest BCUT2D eigenvalue weighted by molar-refractivity contribution is 5.89. The third-order valence-corrected chi connectivity index (χ3v) is 5.70. The number of carbonyl (C=O) groups excluding carboxylic acids is 1. The van der Waals surface area contributed by atoms with Crippen LogP contribution in [0.25, 0.3) is 0 Å². The molecule has 0 amide bonds. The average Bonchev–Trinajstić information content (AvgIpc) is 2.61. The molecule has 1 aliphatic rings. The fraction of sp³-hybridized carbons (Fsp3) is 0.708. The Bertz CT molecular complexity index is 589. The number of hydrogen-bond donors (Lipinski definition) is 0. The lowest BCUT2D eigenvalue weighted by Gasteiger charge is -2.31. The number of carbonyl (C=O) groups is 1. The van der Waals surface area contributed by atoms with Crippen LogP contribution >= 0.6 is 0 Å². The summed E-state index contributed by atoms with van der Waals surface area (Å²) in [5.74, 6) is -0.291. The van der Waals surface area contributed by atoms with Crippen molar-refractivity contribution in [1.29, 1.82) is 0 Å². The van der Waals surface area contributed by atoms with Crippen molar-refractivity contribution in [2.75, 3.05) is 0 Å². The van der Waals surface area contributed by atoms with E-state index in [0.29, 0.717) is 12.0 Å². The van der Waals surface area contributed by atoms with Crippen LogP contribution in [0.15, 0.2) is 24.3 Å². The standard InChI is InChI=1S/C24H38O3/c1-7-24(5,6)19-15-13-18(14-16-19)22(25)27-21(17-23(2,3)4)26-20-11-9-8-10-12-20/h13-16,20-21H,7-12,17H2,1-6H3. The van der Waals surface area contributed by atoms with Crippen LogP contribution in [0.3, 0.4) is 0 Å². The maximum absolute atomic E-state index is 12.7. The second-order valence-electron chi connectivity index (χ2n) is 9.81. The molecule has 27 heavy (non-hydrogen) atoms. The lowest BCUT2D eigenvalue weighted by Crippen LogP contribution is -2.31. The number of benzene rings is 1. The van der Waals surface area contributed by atoms with Crippen LogP contribution in [0.2, 0.25) is 0 Å². The van der Waals surface area contributed by atoms with Gasteiger partial charge in [-0.05, 0) is 47.8 Å². The minimum absolute atomic E-state index is 0.0363. The molecule has 3 nitrogen and oxygen atoms in total. The Morgan fingerprint density at radius 3 is 2.15 bits per heavy atom. The van der Waals surface area contributed by atoms with E-state index in [-0.39, 0.29) is 22.9 Å². The van der Waals surface area contributed by atoms with Crippen molar-refractivity contribution in [1.82, 2.24) is 0 Å². The van der Waals surface area contributed by atoms with Crippen LogP contribution in [0, 0.1) is 5.41 Å². The van der Waals surface area contributed by atoms with E-state index in [1.165, 1.54) is 24.8 Å². The molecule has 3 heteroatoms. The average molecular weight is 375 g/mol. The zero-order valence-electron chi connectivity index (χ0n) is 18.1. The van der Waals surface area contributed by atoms with Gasteiger partial charge in [-0.1, -0.05) is 72.9 Å². The first-order chi connectivity index (χ1) is 12.6. The summed E-state index contributed by atoms with van der Waals surface area (Å²) in [6, 6.07) is 7.84. The van der Waals surface area contributed by atoms with Crippen LogP contribution in [-0.4, -0.2) is 18.4 Å². The number of hydrogen-bond acceptors (Lipinski definition) is 3. The van der Waals surface area contributed by atoms with Gasteiger partial charge >= 0.3 is 5.97 Å². The highest BCUT2D eigenvalue weighted by atomic mass is 16.7. The molecular weight excluding hydrogens is 336 g/mol. The van der Waals surface area contributed by atoms with E-state index in [0.717, 1.165) is 19.3 Å². The van der Waals surface area contributed by atoms with Crippen LogP contribution < -0.4 is 0 Å². The normalized spacial score (nSPS) is 17.6. The first-order valence-electron chi connectivity index (χ1n) is 10.6. The molecule has 1 aromatic rings. The van der Waals surface area contributed by atoms with E-state index in [9.17, 15) is 4.79 Å². The van der Waals surface area contributed by atoms with Gasteiger partial charge in [0.2, 0.25) is 6.29 Å². The fourth-order valence-electron chi connectivity index (χ4n) is 3.48. The summed E-state index contributed by atoms with van der Waals surface area (Å²) in [7, 11) is 0. The molecule has 2 rings (SSSR count). The van der Waals surface area contributed by atoms with E-state index >= 15 is 0 Å². The van der Waals surface area contributed by atoms with Crippen molar-refractivity contribution >= 4 is 5.97 Å². The summed E-state index contributed by atoms with van der Waals surface area (Å²) in [4.78, 5) is 12.7. The minimum Gasteiger partial charge on any atom is -0.432 e. The molecule has 1 fully saturated rings. The molecular formula is C24H38O3. The third kappa shape index (κ3) is 6.95. The molecule has 0 heterocycles. The minimum atomic E-state index is -0.479. The molecule has 152 valence electrons. The predicted molar refractivity (Wildman–Crippen MR) is 111 cm³/mol. The Labute approximate surface area is 165 Å². The van der Waals surface area contributed by atoms with Crippen molar-refractivity contribution in [2.24, 2.45) is 5.41 Å². The van der Waals surface area contributed by atoms with E-state index in [1.54, 1.807) is 0 Å². The van der Waals surface area contributed by atoms with Crippen molar-refractivity contribution in [3.05, 3.63) is 35.4 Å². The van der Waals surface area contributed by atoms with Gasteiger partial charge in [0.1, 0.15) is 0 Å². The maximum atomic E-state index is 12.7. The van der Waals surface area contributed by atoms with Crippen LogP contribution in [-0.2, 0) is 14.9 Å². The fourth-order valence-corrected chi connectivity index (χ4v) is 3.48. The van der Waals surface area contributed by atoms with E-state index < -0.39 is 6.29 Å². The molecule has 0 aromatic heterocycles. The molecule has 0 radical (unpaired) electrons. The Morgan fingerprint density at radius 2 is 1.63 bits per heavy atom. The van der Waals surface area contributed by atoms with Crippen LogP contribution in [0.5, 0.6) is 0 Å². The molecule has 1 aliphatic carbocycles. The smallest absolute Gasteiger partial charge is 0.340 e. The zero-order chi connectivity index (χ0) is 20.1. The largest absolute Gasteiger partial charge is 0.432 e. The number of rotatable bonds is 7. The van der Waals surface area contributed by atoms with Crippen molar-refractivity contribution in [3.8, 4) is 0 Å². The van der Waals surface area contributed by atoms with Gasteiger partial charge in [-0.2, -0.15) is 0 Å². The number of esters is 1. The zero-order valence-corrected chi connectivity index (χ0v) is 18.1. The van der Waals surface area contributed by atoms with Gasteiger partial charge in [0.15, 0.2) is 0 Å². The third-order valence-electron chi connectivity index (χ3n) is 5.70. The molecule has 1 aromatic carbocycles. The van der Waals surface area contributed by atoms with E-state index in [4.69, 9.17) is 9.47 Å². The lowest BCUT2D eigenvalue weighted by atomic mass is 9.82. The number of ether oxygens (including phenoxy) is 2. The second kappa shape index (κ2) is 9.23. The highest BCUT2D eigenvalue weighted by Gasteiger charge is 2.27.